The molecule has 0 spiro atoms. The number of aryl methyl sites for hydroxylation is 1. The largest absolute Gasteiger partial charge is 0.307 e. The monoisotopic (exact) mass is 279 g/mol. The predicted molar refractivity (Wildman–Crippen MR) is 80.9 cm³/mol. The van der Waals surface area contributed by atoms with Crippen LogP contribution < -0.4 is 5.32 Å². The summed E-state index contributed by atoms with van der Waals surface area (Å²) in [6.07, 6.45) is 3.22. The Hall–Kier alpha value is -2.53. The molecule has 106 valence electrons. The van der Waals surface area contributed by atoms with E-state index in [1.165, 1.54) is 11.9 Å². The average molecular weight is 279 g/mol. The predicted octanol–water partition coefficient (Wildman–Crippen LogP) is 2.26. The van der Waals surface area contributed by atoms with Crippen LogP contribution in [0.25, 0.3) is 5.69 Å². The summed E-state index contributed by atoms with van der Waals surface area (Å²) in [5, 5.41) is 7.51. The summed E-state index contributed by atoms with van der Waals surface area (Å²) in [4.78, 5) is 8.41. The summed E-state index contributed by atoms with van der Waals surface area (Å²) in [7, 11) is 0. The Morgan fingerprint density at radius 2 is 1.90 bits per heavy atom. The lowest BCUT2D eigenvalue weighted by Crippen LogP contribution is -2.13. The molecule has 0 saturated carbocycles. The molecule has 0 unspecified atom stereocenters. The van der Waals surface area contributed by atoms with Gasteiger partial charge >= 0.3 is 0 Å². The lowest BCUT2D eigenvalue weighted by molar-refractivity contribution is 0.678. The number of hydrogen-bond acceptors (Lipinski definition) is 4. The molecule has 5 heteroatoms. The van der Waals surface area contributed by atoms with E-state index in [-0.39, 0.29) is 0 Å². The zero-order valence-corrected chi connectivity index (χ0v) is 11.9. The van der Waals surface area contributed by atoms with Crippen LogP contribution in [0.1, 0.15) is 17.0 Å². The normalized spacial score (nSPS) is 10.7. The summed E-state index contributed by atoms with van der Waals surface area (Å²) >= 11 is 0. The number of pyridine rings is 1. The van der Waals surface area contributed by atoms with E-state index in [1.807, 2.05) is 37.3 Å². The number of rotatable bonds is 5. The minimum atomic E-state index is 0.770. The molecule has 1 N–H and O–H groups in total. The molecule has 0 radical (unpaired) electrons. The van der Waals surface area contributed by atoms with Crippen LogP contribution in [0, 0.1) is 6.92 Å². The quantitative estimate of drug-likeness (QED) is 0.778. The Kier molecular flexibility index (Phi) is 4.02. The second-order valence-corrected chi connectivity index (χ2v) is 4.88. The number of hydrogen-bond donors (Lipinski definition) is 1. The van der Waals surface area contributed by atoms with E-state index in [0.717, 1.165) is 30.2 Å². The van der Waals surface area contributed by atoms with E-state index in [1.54, 1.807) is 11.0 Å². The second kappa shape index (κ2) is 6.28. The Morgan fingerprint density at radius 3 is 2.62 bits per heavy atom. The van der Waals surface area contributed by atoms with E-state index in [2.05, 4.69) is 32.5 Å². The van der Waals surface area contributed by atoms with Crippen molar-refractivity contribution in [1.29, 1.82) is 0 Å². The van der Waals surface area contributed by atoms with Crippen LogP contribution in [0.15, 0.2) is 55.1 Å². The zero-order valence-electron chi connectivity index (χ0n) is 11.9. The van der Waals surface area contributed by atoms with Gasteiger partial charge in [-0.05, 0) is 36.8 Å². The highest BCUT2D eigenvalue weighted by molar-refractivity contribution is 5.33. The molecular formula is C16H17N5. The van der Waals surface area contributed by atoms with Crippen molar-refractivity contribution in [2.75, 3.05) is 0 Å². The fourth-order valence-corrected chi connectivity index (χ4v) is 2.14. The Bertz CT molecular complexity index is 689. The molecule has 0 fully saturated rings. The van der Waals surface area contributed by atoms with Crippen molar-refractivity contribution in [3.05, 3.63) is 72.1 Å². The molecule has 3 rings (SSSR count). The van der Waals surface area contributed by atoms with Crippen LogP contribution in [-0.2, 0) is 13.1 Å². The lowest BCUT2D eigenvalue weighted by atomic mass is 10.2. The minimum Gasteiger partial charge on any atom is -0.307 e. The highest BCUT2D eigenvalue weighted by atomic mass is 15.3. The van der Waals surface area contributed by atoms with Crippen molar-refractivity contribution >= 4 is 0 Å². The van der Waals surface area contributed by atoms with Gasteiger partial charge in [-0.2, -0.15) is 5.10 Å². The van der Waals surface area contributed by atoms with Crippen molar-refractivity contribution in [1.82, 2.24) is 25.1 Å². The lowest BCUT2D eigenvalue weighted by Gasteiger charge is -2.06. The van der Waals surface area contributed by atoms with Gasteiger partial charge in [0.05, 0.1) is 11.4 Å². The van der Waals surface area contributed by atoms with Gasteiger partial charge in [-0.25, -0.2) is 9.67 Å². The first kappa shape index (κ1) is 13.5. The van der Waals surface area contributed by atoms with E-state index in [4.69, 9.17) is 0 Å². The van der Waals surface area contributed by atoms with Crippen molar-refractivity contribution < 1.29 is 0 Å². The van der Waals surface area contributed by atoms with E-state index in [0.29, 0.717) is 0 Å². The molecule has 0 amide bonds. The van der Waals surface area contributed by atoms with Crippen LogP contribution in [-0.4, -0.2) is 19.7 Å². The van der Waals surface area contributed by atoms with Crippen molar-refractivity contribution in [2.45, 2.75) is 20.0 Å². The first-order valence-electron chi connectivity index (χ1n) is 6.88. The van der Waals surface area contributed by atoms with Gasteiger partial charge in [-0.1, -0.05) is 18.2 Å². The van der Waals surface area contributed by atoms with Gasteiger partial charge < -0.3 is 5.32 Å². The van der Waals surface area contributed by atoms with Crippen LogP contribution in [0.2, 0.25) is 0 Å². The fourth-order valence-electron chi connectivity index (χ4n) is 2.14. The maximum atomic E-state index is 4.47. The van der Waals surface area contributed by atoms with Crippen LogP contribution in [0.3, 0.4) is 0 Å². The van der Waals surface area contributed by atoms with Gasteiger partial charge in [0.2, 0.25) is 0 Å². The maximum Gasteiger partial charge on any atom is 0.138 e. The molecule has 21 heavy (non-hydrogen) atoms. The average Bonchev–Trinajstić information content (AvgIpc) is 3.02. The second-order valence-electron chi connectivity index (χ2n) is 4.88. The molecule has 0 aliphatic heterocycles. The van der Waals surface area contributed by atoms with Crippen LogP contribution in [0.4, 0.5) is 0 Å². The van der Waals surface area contributed by atoms with Crippen molar-refractivity contribution in [3.63, 3.8) is 0 Å². The Labute approximate surface area is 123 Å². The van der Waals surface area contributed by atoms with Crippen molar-refractivity contribution in [3.8, 4) is 5.69 Å². The Balaban J connectivity index is 1.56. The fraction of sp³-hybridized carbons (Fsp3) is 0.188. The summed E-state index contributed by atoms with van der Waals surface area (Å²) in [5.41, 5.74) is 4.35. The smallest absolute Gasteiger partial charge is 0.138 e. The first-order valence-corrected chi connectivity index (χ1v) is 6.88. The molecule has 0 bridgehead atoms. The number of nitrogens with one attached hydrogen (secondary N) is 1. The molecular weight excluding hydrogens is 262 g/mol. The molecule has 3 aromatic rings. The molecule has 0 aliphatic rings. The number of nitrogens with zero attached hydrogens (tertiary/aromatic N) is 4. The van der Waals surface area contributed by atoms with Gasteiger partial charge in [0, 0.05) is 18.8 Å². The SMILES string of the molecule is Cc1cccc(CNCc2ccc(-n3cncn3)cc2)n1. The molecule has 0 saturated heterocycles. The third kappa shape index (κ3) is 3.52. The topological polar surface area (TPSA) is 55.6 Å². The van der Waals surface area contributed by atoms with Gasteiger partial charge in [0.15, 0.2) is 0 Å². The van der Waals surface area contributed by atoms with E-state index in [9.17, 15) is 0 Å². The zero-order chi connectivity index (χ0) is 14.5. The van der Waals surface area contributed by atoms with Gasteiger partial charge in [0.1, 0.15) is 12.7 Å². The third-order valence-electron chi connectivity index (χ3n) is 3.20. The summed E-state index contributed by atoms with van der Waals surface area (Å²) in [5.74, 6) is 0. The number of benzene rings is 1. The highest BCUT2D eigenvalue weighted by Crippen LogP contribution is 2.08. The van der Waals surface area contributed by atoms with Crippen molar-refractivity contribution in [2.24, 2.45) is 0 Å². The molecule has 0 aliphatic carbocycles. The third-order valence-corrected chi connectivity index (χ3v) is 3.20. The summed E-state index contributed by atoms with van der Waals surface area (Å²) in [6, 6.07) is 14.3. The van der Waals surface area contributed by atoms with E-state index >= 15 is 0 Å². The minimum absolute atomic E-state index is 0.770. The van der Waals surface area contributed by atoms with Gasteiger partial charge in [-0.3, -0.25) is 4.98 Å². The molecule has 0 atom stereocenters. The van der Waals surface area contributed by atoms with Crippen LogP contribution >= 0.6 is 0 Å². The molecule has 5 nitrogen and oxygen atoms in total. The van der Waals surface area contributed by atoms with Gasteiger partial charge in [0.25, 0.3) is 0 Å². The molecule has 2 aromatic heterocycles. The van der Waals surface area contributed by atoms with Gasteiger partial charge in [-0.15, -0.1) is 0 Å². The number of aromatic nitrogens is 4. The summed E-state index contributed by atoms with van der Waals surface area (Å²) < 4.78 is 1.74. The summed E-state index contributed by atoms with van der Waals surface area (Å²) in [6.45, 7) is 3.59. The van der Waals surface area contributed by atoms with E-state index < -0.39 is 0 Å². The first-order chi connectivity index (χ1) is 10.3. The molecule has 1 aromatic carbocycles. The highest BCUT2D eigenvalue weighted by Gasteiger charge is 1.99. The standard InChI is InChI=1S/C16H17N5/c1-13-3-2-4-15(20-13)10-17-9-14-5-7-16(8-6-14)21-12-18-11-19-21/h2-8,11-12,17H,9-10H2,1H3. The molecule has 2 heterocycles. The maximum absolute atomic E-state index is 4.47. The van der Waals surface area contributed by atoms with Crippen LogP contribution in [0.5, 0.6) is 0 Å². The Morgan fingerprint density at radius 1 is 1.05 bits per heavy atom.